The Morgan fingerprint density at radius 1 is 1.21 bits per heavy atom. The zero-order valence-electron chi connectivity index (χ0n) is 18.1. The molecule has 11 nitrogen and oxygen atoms in total. The quantitative estimate of drug-likeness (QED) is 0.369. The van der Waals surface area contributed by atoms with Crippen LogP contribution in [0.4, 0.5) is 17.6 Å². The molecule has 1 aliphatic heterocycles. The molecule has 4 aromatic rings. The number of nitrogens with zero attached hydrogens (tertiary/aromatic N) is 6. The summed E-state index contributed by atoms with van der Waals surface area (Å²) in [6.45, 7) is 2.71. The van der Waals surface area contributed by atoms with Gasteiger partial charge in [0.25, 0.3) is 0 Å². The van der Waals surface area contributed by atoms with E-state index in [1.807, 2.05) is 37.3 Å². The van der Waals surface area contributed by atoms with Gasteiger partial charge in [-0.15, -0.1) is 0 Å². The minimum absolute atomic E-state index is 0.0662. The van der Waals surface area contributed by atoms with Crippen molar-refractivity contribution in [1.29, 1.82) is 0 Å². The number of aryl methyl sites for hydroxylation is 1. The molecule has 0 radical (unpaired) electrons. The molecule has 0 bridgehead atoms. The second-order valence-corrected chi connectivity index (χ2v) is 7.71. The van der Waals surface area contributed by atoms with Crippen LogP contribution >= 0.6 is 0 Å². The van der Waals surface area contributed by atoms with Crippen LogP contribution in [0, 0.1) is 6.92 Å². The van der Waals surface area contributed by atoms with Gasteiger partial charge in [0.1, 0.15) is 18.1 Å². The van der Waals surface area contributed by atoms with Gasteiger partial charge in [0.15, 0.2) is 11.6 Å². The Kier molecular flexibility index (Phi) is 5.85. The summed E-state index contributed by atoms with van der Waals surface area (Å²) in [5.41, 5.74) is 2.38. The van der Waals surface area contributed by atoms with Crippen molar-refractivity contribution in [2.75, 3.05) is 30.0 Å². The van der Waals surface area contributed by atoms with E-state index >= 15 is 0 Å². The van der Waals surface area contributed by atoms with Crippen LogP contribution < -0.4 is 15.0 Å². The number of aromatic nitrogens is 6. The molecule has 5 rings (SSSR count). The minimum Gasteiger partial charge on any atom is -0.475 e. The summed E-state index contributed by atoms with van der Waals surface area (Å²) in [5, 5.41) is 23.7. The molecular weight excluding hydrogens is 424 g/mol. The molecule has 5 heterocycles. The lowest BCUT2D eigenvalue weighted by Gasteiger charge is -2.23. The maximum Gasteiger partial charge on any atom is 0.231 e. The predicted octanol–water partition coefficient (Wildman–Crippen LogP) is 3.01. The van der Waals surface area contributed by atoms with Crippen LogP contribution in [-0.2, 0) is 0 Å². The van der Waals surface area contributed by atoms with Crippen LogP contribution in [0.15, 0.2) is 47.1 Å². The SMILES string of the molecule is Cc1cc(Nc2cc(OCCO)nc(N3CCCC3c3cc(-c4ccccn4)no3)n2)n[nH]1. The van der Waals surface area contributed by atoms with Crippen LogP contribution in [0.2, 0.25) is 0 Å². The standard InChI is InChI=1S/C22H24N8O3/c1-14-11-20(28-27-14)24-19-13-21(32-10-9-31)26-22(25-19)30-8-4-6-17(30)18-12-16(29-33-18)15-5-2-3-7-23-15/h2-3,5,7,11-13,17,31H,4,6,8-10H2,1H3,(H2,24,25,26,27,28). The van der Waals surface area contributed by atoms with E-state index in [1.54, 1.807) is 12.3 Å². The van der Waals surface area contributed by atoms with Gasteiger partial charge < -0.3 is 24.6 Å². The highest BCUT2D eigenvalue weighted by molar-refractivity contribution is 5.57. The van der Waals surface area contributed by atoms with Crippen molar-refractivity contribution in [2.24, 2.45) is 0 Å². The van der Waals surface area contributed by atoms with Crippen LogP contribution in [0.1, 0.15) is 30.3 Å². The summed E-state index contributed by atoms with van der Waals surface area (Å²) in [6.07, 6.45) is 3.56. The first-order valence-electron chi connectivity index (χ1n) is 10.8. The molecule has 0 saturated carbocycles. The van der Waals surface area contributed by atoms with Gasteiger partial charge in [-0.05, 0) is 31.9 Å². The van der Waals surface area contributed by atoms with E-state index in [0.717, 1.165) is 36.5 Å². The van der Waals surface area contributed by atoms with E-state index < -0.39 is 0 Å². The maximum absolute atomic E-state index is 9.17. The number of nitrogens with one attached hydrogen (secondary N) is 2. The smallest absolute Gasteiger partial charge is 0.231 e. The largest absolute Gasteiger partial charge is 0.475 e. The molecule has 33 heavy (non-hydrogen) atoms. The first kappa shape index (κ1) is 20.9. The summed E-state index contributed by atoms with van der Waals surface area (Å²) < 4.78 is 11.3. The van der Waals surface area contributed by atoms with Crippen LogP contribution in [0.25, 0.3) is 11.4 Å². The van der Waals surface area contributed by atoms with Crippen LogP contribution in [0.5, 0.6) is 5.88 Å². The van der Waals surface area contributed by atoms with Gasteiger partial charge in [-0.2, -0.15) is 15.1 Å². The highest BCUT2D eigenvalue weighted by atomic mass is 16.5. The summed E-state index contributed by atoms with van der Waals surface area (Å²) >= 11 is 0. The fourth-order valence-corrected chi connectivity index (χ4v) is 3.83. The van der Waals surface area contributed by atoms with E-state index in [2.05, 4.69) is 35.5 Å². The van der Waals surface area contributed by atoms with Crippen molar-refractivity contribution in [2.45, 2.75) is 25.8 Å². The Labute approximate surface area is 189 Å². The number of H-pyrrole nitrogens is 1. The van der Waals surface area contributed by atoms with Crippen molar-refractivity contribution in [3.8, 4) is 17.3 Å². The number of ether oxygens (including phenoxy) is 1. The molecule has 4 aromatic heterocycles. The highest BCUT2D eigenvalue weighted by Gasteiger charge is 2.32. The van der Waals surface area contributed by atoms with Crippen molar-refractivity contribution in [3.05, 3.63) is 54.0 Å². The second kappa shape index (κ2) is 9.25. The fourth-order valence-electron chi connectivity index (χ4n) is 3.83. The van der Waals surface area contributed by atoms with E-state index in [-0.39, 0.29) is 19.3 Å². The number of aliphatic hydroxyl groups is 1. The van der Waals surface area contributed by atoms with E-state index in [0.29, 0.717) is 29.2 Å². The van der Waals surface area contributed by atoms with E-state index in [4.69, 9.17) is 19.4 Å². The fraction of sp³-hybridized carbons (Fsp3) is 0.318. The Bertz CT molecular complexity index is 1210. The van der Waals surface area contributed by atoms with Gasteiger partial charge in [0.2, 0.25) is 11.8 Å². The molecular formula is C22H24N8O3. The van der Waals surface area contributed by atoms with Crippen molar-refractivity contribution >= 4 is 17.6 Å². The van der Waals surface area contributed by atoms with Gasteiger partial charge in [-0.1, -0.05) is 11.2 Å². The van der Waals surface area contributed by atoms with Crippen LogP contribution in [0.3, 0.4) is 0 Å². The van der Waals surface area contributed by atoms with E-state index in [1.165, 1.54) is 0 Å². The van der Waals surface area contributed by atoms with Crippen molar-refractivity contribution in [1.82, 2.24) is 30.3 Å². The molecule has 1 unspecified atom stereocenters. The van der Waals surface area contributed by atoms with Gasteiger partial charge in [0, 0.05) is 36.6 Å². The Morgan fingerprint density at radius 2 is 2.15 bits per heavy atom. The minimum atomic E-state index is -0.110. The number of aliphatic hydroxyl groups excluding tert-OH is 1. The normalized spacial score (nSPS) is 15.7. The molecule has 1 atom stereocenters. The molecule has 11 heteroatoms. The van der Waals surface area contributed by atoms with Crippen molar-refractivity contribution < 1.29 is 14.4 Å². The zero-order chi connectivity index (χ0) is 22.6. The third-order valence-corrected chi connectivity index (χ3v) is 5.29. The summed E-state index contributed by atoms with van der Waals surface area (Å²) in [4.78, 5) is 15.7. The Balaban J connectivity index is 1.44. The van der Waals surface area contributed by atoms with Crippen LogP contribution in [-0.4, -0.2) is 55.2 Å². The predicted molar refractivity (Wildman–Crippen MR) is 120 cm³/mol. The summed E-state index contributed by atoms with van der Waals surface area (Å²) in [7, 11) is 0. The lowest BCUT2D eigenvalue weighted by Crippen LogP contribution is -2.25. The molecule has 1 fully saturated rings. The third-order valence-electron chi connectivity index (χ3n) is 5.29. The molecule has 3 N–H and O–H groups in total. The summed E-state index contributed by atoms with van der Waals surface area (Å²) in [5.74, 6) is 2.77. The Morgan fingerprint density at radius 3 is 2.94 bits per heavy atom. The monoisotopic (exact) mass is 448 g/mol. The lowest BCUT2D eigenvalue weighted by molar-refractivity contribution is 0.196. The number of hydrogen-bond acceptors (Lipinski definition) is 10. The second-order valence-electron chi connectivity index (χ2n) is 7.71. The highest BCUT2D eigenvalue weighted by Crippen LogP contribution is 2.37. The molecule has 0 aliphatic carbocycles. The van der Waals surface area contributed by atoms with E-state index in [9.17, 15) is 0 Å². The van der Waals surface area contributed by atoms with Gasteiger partial charge in [-0.25, -0.2) is 0 Å². The third kappa shape index (κ3) is 4.62. The average molecular weight is 448 g/mol. The molecule has 170 valence electrons. The first-order valence-corrected chi connectivity index (χ1v) is 10.8. The Hall–Kier alpha value is -3.99. The molecule has 1 aliphatic rings. The van der Waals surface area contributed by atoms with Gasteiger partial charge in [-0.3, -0.25) is 10.1 Å². The van der Waals surface area contributed by atoms with Gasteiger partial charge >= 0.3 is 0 Å². The lowest BCUT2D eigenvalue weighted by atomic mass is 10.1. The van der Waals surface area contributed by atoms with Gasteiger partial charge in [0.05, 0.1) is 18.3 Å². The average Bonchev–Trinajstić information content (AvgIpc) is 3.59. The topological polar surface area (TPSA) is 138 Å². The number of aromatic amines is 1. The molecule has 0 amide bonds. The van der Waals surface area contributed by atoms with Crippen molar-refractivity contribution in [3.63, 3.8) is 0 Å². The number of hydrogen-bond donors (Lipinski definition) is 3. The molecule has 1 saturated heterocycles. The number of pyridine rings is 1. The summed E-state index contributed by atoms with van der Waals surface area (Å²) in [6, 6.07) is 11.1. The number of rotatable bonds is 8. The number of anilines is 3. The molecule has 0 spiro atoms. The molecule has 0 aromatic carbocycles. The zero-order valence-corrected chi connectivity index (χ0v) is 18.1. The maximum atomic E-state index is 9.17. The first-order chi connectivity index (χ1) is 16.2.